The molecule has 20 nitrogen and oxygen atoms in total. The predicted molar refractivity (Wildman–Crippen MR) is 229 cm³/mol. The van der Waals surface area contributed by atoms with Gasteiger partial charge < -0.3 is 72.2 Å². The molecule has 64 heavy (non-hydrogen) atoms. The zero-order valence-electron chi connectivity index (χ0n) is 37.6. The highest BCUT2D eigenvalue weighted by Gasteiger charge is 2.49. The van der Waals surface area contributed by atoms with Gasteiger partial charge in [-0.1, -0.05) is 0 Å². The Morgan fingerprint density at radius 2 is 0.797 bits per heavy atom. The number of nitrogens with one attached hydrogen (secondary N) is 2. The quantitative estimate of drug-likeness (QED) is 0.0491. The Hall–Kier alpha value is -3.30. The minimum atomic E-state index is -0.400. The molecule has 0 bridgehead atoms. The van der Waals surface area contributed by atoms with E-state index in [0.29, 0.717) is 196 Å². The van der Waals surface area contributed by atoms with Gasteiger partial charge in [-0.2, -0.15) is 0 Å². The number of alkyl carbamates (subject to hydrolysis) is 1. The average molecular weight is 916 g/mol. The fraction of sp³-hybridized carbons (Fsp3) is 0.818. The van der Waals surface area contributed by atoms with Crippen LogP contribution in [-0.4, -0.2) is 214 Å². The molecule has 2 N–H and O–H groups in total. The number of rotatable bonds is 44. The minimum absolute atomic E-state index is 0.0478. The Bertz CT molecular complexity index is 1300. The highest BCUT2D eigenvalue weighted by atomic mass is 16.6. The van der Waals surface area contributed by atoms with E-state index in [4.69, 9.17) is 61.6 Å². The first-order chi connectivity index (χ1) is 31.6. The molecule has 0 aromatic carbocycles. The Labute approximate surface area is 378 Å². The van der Waals surface area contributed by atoms with E-state index in [1.54, 1.807) is 0 Å². The molecule has 3 aliphatic rings. The molecule has 1 heterocycles. The van der Waals surface area contributed by atoms with Gasteiger partial charge in [-0.15, -0.1) is 11.8 Å². The molecule has 3 rings (SSSR count). The van der Waals surface area contributed by atoms with Crippen LogP contribution >= 0.6 is 0 Å². The van der Waals surface area contributed by atoms with Crippen molar-refractivity contribution in [2.75, 3.05) is 185 Å². The lowest BCUT2D eigenvalue weighted by Gasteiger charge is -2.13. The molecule has 2 aliphatic carbocycles. The number of carbonyl (C=O) groups is 4. The number of fused-ring (bicyclic) bond motifs is 1. The number of hydrogen-bond acceptors (Lipinski definition) is 17. The largest absolute Gasteiger partial charge is 0.449 e. The summed E-state index contributed by atoms with van der Waals surface area (Å²) in [5.41, 5.74) is 0. The van der Waals surface area contributed by atoms with Crippen LogP contribution in [0.3, 0.4) is 0 Å². The smallest absolute Gasteiger partial charge is 0.407 e. The number of nitrogens with zero attached hydrogens (tertiary/aromatic N) is 1. The first-order valence-electron chi connectivity index (χ1n) is 22.7. The predicted octanol–water partition coefficient (Wildman–Crippen LogP) is 0.783. The fourth-order valence-electron chi connectivity index (χ4n) is 6.47. The highest BCUT2D eigenvalue weighted by molar-refractivity contribution is 6.13. The normalized spacial score (nSPS) is 17.8. The fourth-order valence-corrected chi connectivity index (χ4v) is 6.47. The number of imide groups is 1. The van der Waals surface area contributed by atoms with Crippen LogP contribution in [0.1, 0.15) is 32.1 Å². The topological polar surface area (TPSA) is 216 Å². The third-order valence-corrected chi connectivity index (χ3v) is 9.89. The molecule has 3 atom stereocenters. The van der Waals surface area contributed by atoms with Crippen molar-refractivity contribution in [3.8, 4) is 11.8 Å². The van der Waals surface area contributed by atoms with Crippen LogP contribution in [0.5, 0.6) is 0 Å². The maximum Gasteiger partial charge on any atom is 0.407 e. The van der Waals surface area contributed by atoms with Crippen molar-refractivity contribution in [1.82, 2.24) is 15.5 Å². The van der Waals surface area contributed by atoms with E-state index in [1.807, 2.05) is 0 Å². The summed E-state index contributed by atoms with van der Waals surface area (Å²) < 4.78 is 71.2. The van der Waals surface area contributed by atoms with E-state index in [0.717, 1.165) is 30.6 Å². The zero-order chi connectivity index (χ0) is 45.4. The molecule has 366 valence electrons. The Balaban J connectivity index is 0.878. The zero-order valence-corrected chi connectivity index (χ0v) is 37.6. The van der Waals surface area contributed by atoms with Crippen LogP contribution in [0.25, 0.3) is 0 Å². The van der Waals surface area contributed by atoms with Crippen molar-refractivity contribution in [2.45, 2.75) is 32.1 Å². The molecule has 1 aliphatic heterocycles. The number of amides is 4. The second-order valence-electron chi connectivity index (χ2n) is 14.6. The Morgan fingerprint density at radius 1 is 0.484 bits per heavy atom. The van der Waals surface area contributed by atoms with Crippen LogP contribution in [0, 0.1) is 29.6 Å². The summed E-state index contributed by atoms with van der Waals surface area (Å²) in [4.78, 5) is 47.7. The van der Waals surface area contributed by atoms with Crippen LogP contribution in [0.4, 0.5) is 4.79 Å². The SMILES string of the molecule is O=C(CCN1C(=O)C=CC1=O)NCCOCCOCCOCCOCCOCCOCCOCCOCCOCCOCCOCCOCCNC(=O)OCC1[C@H]2CCC#CCC[C@@H]12. The molecule has 0 aromatic heterocycles. The lowest BCUT2D eigenvalue weighted by atomic mass is 10.1. The van der Waals surface area contributed by atoms with Crippen molar-refractivity contribution in [3.63, 3.8) is 0 Å². The molecule has 1 fully saturated rings. The van der Waals surface area contributed by atoms with Crippen LogP contribution in [0.15, 0.2) is 12.2 Å². The standard InChI is InChI=1S/C44H73N3O17/c48-41(9-12-47-42(49)7-8-43(47)50)45-10-13-52-15-17-54-19-21-56-23-25-58-27-29-60-31-33-62-35-36-63-34-32-61-30-28-59-26-24-57-22-20-55-18-16-53-14-11-46-44(51)64-37-40-38-5-3-1-2-4-6-39(38)40/h7-8,38-40H,3-6,9-37H2,(H,45,48)(H,46,51)/t38-,39+,40?. The summed E-state index contributed by atoms with van der Waals surface area (Å²) in [5, 5.41) is 5.41. The second-order valence-corrected chi connectivity index (χ2v) is 14.6. The molecule has 0 aromatic rings. The van der Waals surface area contributed by atoms with Gasteiger partial charge in [0.25, 0.3) is 11.8 Å². The van der Waals surface area contributed by atoms with E-state index in [-0.39, 0.29) is 25.0 Å². The van der Waals surface area contributed by atoms with Crippen molar-refractivity contribution in [1.29, 1.82) is 0 Å². The summed E-state index contributed by atoms with van der Waals surface area (Å²) in [6.07, 6.45) is 6.19. The Morgan fingerprint density at radius 3 is 1.14 bits per heavy atom. The van der Waals surface area contributed by atoms with Crippen molar-refractivity contribution in [2.24, 2.45) is 17.8 Å². The maximum absolute atomic E-state index is 11.9. The van der Waals surface area contributed by atoms with Crippen LogP contribution < -0.4 is 10.6 Å². The number of hydrogen-bond donors (Lipinski definition) is 2. The first-order valence-corrected chi connectivity index (χ1v) is 22.7. The first kappa shape index (κ1) is 55.0. The molecule has 0 radical (unpaired) electrons. The second kappa shape index (κ2) is 38.9. The van der Waals surface area contributed by atoms with Gasteiger partial charge in [0.15, 0.2) is 0 Å². The van der Waals surface area contributed by atoms with Gasteiger partial charge in [0.2, 0.25) is 5.91 Å². The van der Waals surface area contributed by atoms with Gasteiger partial charge in [-0.05, 0) is 30.6 Å². The van der Waals surface area contributed by atoms with Gasteiger partial charge in [0, 0.05) is 51.0 Å². The molecule has 4 amide bonds. The summed E-state index contributed by atoms with van der Waals surface area (Å²) >= 11 is 0. The van der Waals surface area contributed by atoms with Crippen LogP contribution in [0.2, 0.25) is 0 Å². The number of carbonyl (C=O) groups excluding carboxylic acids is 4. The van der Waals surface area contributed by atoms with Gasteiger partial charge in [0.1, 0.15) is 0 Å². The van der Waals surface area contributed by atoms with E-state index in [2.05, 4.69) is 22.5 Å². The van der Waals surface area contributed by atoms with Crippen molar-refractivity contribution < 1.29 is 80.8 Å². The Kier molecular flexibility index (Phi) is 33.5. The molecular weight excluding hydrogens is 842 g/mol. The molecule has 1 unspecified atom stereocenters. The van der Waals surface area contributed by atoms with E-state index in [9.17, 15) is 19.2 Å². The molecule has 0 saturated heterocycles. The lowest BCUT2D eigenvalue weighted by Crippen LogP contribution is -2.35. The van der Waals surface area contributed by atoms with E-state index < -0.39 is 11.8 Å². The summed E-state index contributed by atoms with van der Waals surface area (Å²) in [5.74, 6) is 7.15. The van der Waals surface area contributed by atoms with E-state index >= 15 is 0 Å². The summed E-state index contributed by atoms with van der Waals surface area (Å²) in [7, 11) is 0. The highest BCUT2D eigenvalue weighted by Crippen LogP contribution is 2.52. The molecule has 1 saturated carbocycles. The molecule has 0 spiro atoms. The summed E-state index contributed by atoms with van der Waals surface area (Å²) in [6.45, 7) is 12.0. The number of ether oxygens (including phenoxy) is 13. The molecular formula is C44H73N3O17. The lowest BCUT2D eigenvalue weighted by molar-refractivity contribution is -0.137. The van der Waals surface area contributed by atoms with Gasteiger partial charge in [0.05, 0.1) is 165 Å². The average Bonchev–Trinajstić information content (AvgIpc) is 3.82. The van der Waals surface area contributed by atoms with Crippen molar-refractivity contribution in [3.05, 3.63) is 12.2 Å². The monoisotopic (exact) mass is 915 g/mol. The molecule has 20 heteroatoms. The summed E-state index contributed by atoms with van der Waals surface area (Å²) in [6, 6.07) is 0. The maximum atomic E-state index is 11.9. The van der Waals surface area contributed by atoms with Gasteiger partial charge >= 0.3 is 6.09 Å². The van der Waals surface area contributed by atoms with Crippen molar-refractivity contribution >= 4 is 23.8 Å². The van der Waals surface area contributed by atoms with Gasteiger partial charge in [-0.3, -0.25) is 19.3 Å². The van der Waals surface area contributed by atoms with Crippen LogP contribution in [-0.2, 0) is 76.0 Å². The van der Waals surface area contributed by atoms with Gasteiger partial charge in [-0.25, -0.2) is 4.79 Å². The third kappa shape index (κ3) is 29.3. The minimum Gasteiger partial charge on any atom is -0.449 e. The third-order valence-electron chi connectivity index (χ3n) is 9.89. The van der Waals surface area contributed by atoms with E-state index in [1.165, 1.54) is 12.2 Å².